The maximum Gasteiger partial charge on any atom is 0.294 e. The minimum atomic E-state index is -0.685. The first kappa shape index (κ1) is 19.3. The van der Waals surface area contributed by atoms with Crippen molar-refractivity contribution < 1.29 is 14.3 Å². The number of amides is 1. The number of pyridine rings is 1. The zero-order valence-corrected chi connectivity index (χ0v) is 15.5. The van der Waals surface area contributed by atoms with Gasteiger partial charge in [-0.3, -0.25) is 19.9 Å². The van der Waals surface area contributed by atoms with Gasteiger partial charge in [-0.25, -0.2) is 10.1 Å². The highest BCUT2D eigenvalue weighted by molar-refractivity contribution is 5.98. The lowest BCUT2D eigenvalue weighted by molar-refractivity contribution is -0.384. The van der Waals surface area contributed by atoms with Crippen molar-refractivity contribution in [2.75, 3.05) is 5.73 Å². The van der Waals surface area contributed by atoms with E-state index in [0.717, 1.165) is 4.68 Å². The smallest absolute Gasteiger partial charge is 0.294 e. The zero-order chi connectivity index (χ0) is 21.8. The van der Waals surface area contributed by atoms with Gasteiger partial charge in [-0.05, 0) is 28.5 Å². The van der Waals surface area contributed by atoms with Gasteiger partial charge in [-0.15, -0.1) is 5.10 Å². The molecule has 0 unspecified atom stereocenters. The number of hydrogen-bond acceptors (Lipinski definition) is 11. The Balaban J connectivity index is 1.71. The van der Waals surface area contributed by atoms with Crippen LogP contribution in [-0.2, 0) is 0 Å². The van der Waals surface area contributed by atoms with Crippen molar-refractivity contribution in [3.05, 3.63) is 70.2 Å². The number of hydrogen-bond donors (Lipinski definition) is 2. The average Bonchev–Trinajstić information content (AvgIpc) is 3.40. The van der Waals surface area contributed by atoms with E-state index < -0.39 is 10.8 Å². The van der Waals surface area contributed by atoms with E-state index >= 15 is 0 Å². The van der Waals surface area contributed by atoms with Crippen molar-refractivity contribution in [3.8, 4) is 17.1 Å². The fourth-order valence-electron chi connectivity index (χ4n) is 2.59. The number of hydrazone groups is 1. The van der Waals surface area contributed by atoms with Crippen LogP contribution in [0, 0.1) is 10.1 Å². The second-order valence-electron chi connectivity index (χ2n) is 5.96. The molecule has 4 rings (SSSR count). The molecule has 154 valence electrons. The van der Waals surface area contributed by atoms with Gasteiger partial charge in [0.1, 0.15) is 5.69 Å². The summed E-state index contributed by atoms with van der Waals surface area (Å²) >= 11 is 0. The summed E-state index contributed by atoms with van der Waals surface area (Å²) < 4.78 is 5.74. The van der Waals surface area contributed by atoms with Crippen LogP contribution in [0.3, 0.4) is 0 Å². The minimum Gasteiger partial charge on any atom is -0.378 e. The monoisotopic (exact) mass is 420 g/mol. The van der Waals surface area contributed by atoms with Crippen molar-refractivity contribution in [1.29, 1.82) is 0 Å². The number of carbonyl (C=O) groups excluding carboxylic acids is 1. The third kappa shape index (κ3) is 3.93. The van der Waals surface area contributed by atoms with Gasteiger partial charge >= 0.3 is 0 Å². The number of anilines is 1. The van der Waals surface area contributed by atoms with Gasteiger partial charge in [0.05, 0.1) is 11.1 Å². The Kier molecular flexibility index (Phi) is 5.08. The van der Waals surface area contributed by atoms with Crippen LogP contribution in [0.4, 0.5) is 11.5 Å². The molecule has 1 aromatic carbocycles. The van der Waals surface area contributed by atoms with E-state index in [1.54, 1.807) is 24.5 Å². The topological polar surface area (TPSA) is 193 Å². The van der Waals surface area contributed by atoms with Crippen molar-refractivity contribution in [1.82, 2.24) is 35.7 Å². The van der Waals surface area contributed by atoms with Gasteiger partial charge in [0, 0.05) is 35.7 Å². The van der Waals surface area contributed by atoms with Gasteiger partial charge in [-0.1, -0.05) is 11.3 Å². The van der Waals surface area contributed by atoms with Crippen LogP contribution in [-0.4, -0.2) is 47.3 Å². The first-order valence-corrected chi connectivity index (χ1v) is 8.57. The first-order chi connectivity index (χ1) is 15.0. The molecule has 31 heavy (non-hydrogen) atoms. The molecule has 4 aromatic rings. The van der Waals surface area contributed by atoms with E-state index in [9.17, 15) is 14.9 Å². The molecule has 0 atom stereocenters. The molecule has 0 bridgehead atoms. The largest absolute Gasteiger partial charge is 0.378 e. The van der Waals surface area contributed by atoms with Crippen LogP contribution in [0.15, 0.2) is 58.5 Å². The van der Waals surface area contributed by atoms with E-state index in [2.05, 4.69) is 40.8 Å². The Morgan fingerprint density at radius 2 is 2.06 bits per heavy atom. The Labute approximate surface area is 172 Å². The van der Waals surface area contributed by atoms with E-state index in [4.69, 9.17) is 5.73 Å². The molecule has 14 heteroatoms. The highest BCUT2D eigenvalue weighted by Gasteiger charge is 2.25. The molecule has 0 radical (unpaired) electrons. The van der Waals surface area contributed by atoms with Crippen LogP contribution >= 0.6 is 0 Å². The third-order valence-corrected chi connectivity index (χ3v) is 4.00. The van der Waals surface area contributed by atoms with Crippen LogP contribution in [0.25, 0.3) is 17.1 Å². The summed E-state index contributed by atoms with van der Waals surface area (Å²) in [5, 5.41) is 29.8. The normalized spacial score (nSPS) is 11.0. The number of nitrogens with two attached hydrogens (primary N) is 1. The summed E-state index contributed by atoms with van der Waals surface area (Å²) in [6.07, 6.45) is 4.57. The molecule has 0 aliphatic carbocycles. The fraction of sp³-hybridized carbons (Fsp3) is 0. The number of nitro groups is 1. The van der Waals surface area contributed by atoms with Gasteiger partial charge in [0.25, 0.3) is 11.6 Å². The van der Waals surface area contributed by atoms with Crippen molar-refractivity contribution in [2.45, 2.75) is 0 Å². The third-order valence-electron chi connectivity index (χ3n) is 4.00. The van der Waals surface area contributed by atoms with Crippen LogP contribution in [0.2, 0.25) is 0 Å². The Morgan fingerprint density at radius 1 is 1.26 bits per heavy atom. The number of benzene rings is 1. The van der Waals surface area contributed by atoms with Crippen LogP contribution in [0.5, 0.6) is 0 Å². The predicted octanol–water partition coefficient (Wildman–Crippen LogP) is 0.967. The lowest BCUT2D eigenvalue weighted by Gasteiger charge is -2.05. The van der Waals surface area contributed by atoms with E-state index in [0.29, 0.717) is 11.1 Å². The maximum atomic E-state index is 12.7. The number of nitrogens with one attached hydrogen (secondary N) is 1. The van der Waals surface area contributed by atoms with Crippen molar-refractivity contribution >= 4 is 23.6 Å². The minimum absolute atomic E-state index is 0.00114. The first-order valence-electron chi connectivity index (χ1n) is 8.57. The van der Waals surface area contributed by atoms with Crippen molar-refractivity contribution in [2.24, 2.45) is 5.10 Å². The quantitative estimate of drug-likeness (QED) is 0.258. The van der Waals surface area contributed by atoms with Crippen molar-refractivity contribution in [3.63, 3.8) is 0 Å². The highest BCUT2D eigenvalue weighted by Crippen LogP contribution is 2.28. The lowest BCUT2D eigenvalue weighted by atomic mass is 10.1. The van der Waals surface area contributed by atoms with Crippen LogP contribution in [0.1, 0.15) is 16.1 Å². The molecule has 14 nitrogen and oxygen atoms in total. The predicted molar refractivity (Wildman–Crippen MR) is 105 cm³/mol. The fourth-order valence-corrected chi connectivity index (χ4v) is 2.59. The number of non-ortho nitro benzene ring substituents is 1. The molecule has 3 N–H and O–H groups in total. The SMILES string of the molecule is Nc1nonc1-n1nnc(C(=O)N/N=C\c2cccnc2)c1-c1ccc([N+](=O)[O-])cc1. The van der Waals surface area contributed by atoms with E-state index in [1.807, 2.05) is 0 Å². The van der Waals surface area contributed by atoms with E-state index in [-0.39, 0.29) is 28.7 Å². The molecule has 0 spiro atoms. The molecular weight excluding hydrogens is 408 g/mol. The second-order valence-corrected chi connectivity index (χ2v) is 5.96. The molecule has 0 saturated heterocycles. The van der Waals surface area contributed by atoms with Gasteiger partial charge in [-0.2, -0.15) is 9.78 Å². The molecule has 0 aliphatic rings. The summed E-state index contributed by atoms with van der Waals surface area (Å²) in [4.78, 5) is 27.1. The number of nitro benzene ring substituents is 1. The summed E-state index contributed by atoms with van der Waals surface area (Å²) in [5.74, 6) is -0.775. The van der Waals surface area contributed by atoms with Gasteiger partial charge < -0.3 is 5.73 Å². The Bertz CT molecular complexity index is 1260. The molecule has 0 aliphatic heterocycles. The molecule has 0 fully saturated rings. The number of carbonyl (C=O) groups is 1. The number of nitrogen functional groups attached to an aromatic ring is 1. The Morgan fingerprint density at radius 3 is 2.71 bits per heavy atom. The summed E-state index contributed by atoms with van der Waals surface area (Å²) in [5.41, 5.74) is 9.05. The highest BCUT2D eigenvalue weighted by atomic mass is 16.6. The summed E-state index contributed by atoms with van der Waals surface area (Å²) in [6, 6.07) is 8.90. The number of aromatic nitrogens is 6. The van der Waals surface area contributed by atoms with Gasteiger partial charge in [0.2, 0.25) is 11.6 Å². The zero-order valence-electron chi connectivity index (χ0n) is 15.5. The molecule has 3 aromatic heterocycles. The standard InChI is InChI=1S/C17H12N10O4/c18-15-16(24-31-23-15)26-14(11-3-5-12(6-4-11)27(29)30)13(21-25-26)17(28)22-20-9-10-2-1-7-19-8-10/h1-9H,(H2,18,23)(H,22,28)/b20-9-. The number of rotatable bonds is 6. The van der Waals surface area contributed by atoms with Crippen LogP contribution < -0.4 is 11.2 Å². The lowest BCUT2D eigenvalue weighted by Crippen LogP contribution is -2.19. The van der Waals surface area contributed by atoms with Gasteiger partial charge in [0.15, 0.2) is 5.69 Å². The van der Waals surface area contributed by atoms with E-state index in [1.165, 1.54) is 30.5 Å². The molecule has 0 saturated carbocycles. The second kappa shape index (κ2) is 8.16. The summed E-state index contributed by atoms with van der Waals surface area (Å²) in [6.45, 7) is 0. The molecule has 1 amide bonds. The average molecular weight is 420 g/mol. The molecular formula is C17H12N10O4. The molecule has 3 heterocycles. The Hall–Kier alpha value is -5.01. The summed E-state index contributed by atoms with van der Waals surface area (Å²) in [7, 11) is 0. The number of nitrogens with zero attached hydrogens (tertiary/aromatic N) is 8. The maximum absolute atomic E-state index is 12.7.